The Kier molecular flexibility index (Phi) is 2.92. The molecule has 1 aromatic rings. The van der Waals surface area contributed by atoms with E-state index in [1.54, 1.807) is 0 Å². The van der Waals surface area contributed by atoms with Crippen LogP contribution in [0.4, 0.5) is 0 Å². The highest BCUT2D eigenvalue weighted by atomic mass is 32.1. The van der Waals surface area contributed by atoms with Crippen LogP contribution in [0.1, 0.15) is 56.9 Å². The molecule has 0 amide bonds. The van der Waals surface area contributed by atoms with Crippen LogP contribution in [0.2, 0.25) is 0 Å². The molecule has 1 N–H and O–H groups in total. The Labute approximate surface area is 108 Å². The van der Waals surface area contributed by atoms with Gasteiger partial charge in [-0.2, -0.15) is 5.06 Å². The first-order valence-electron chi connectivity index (χ1n) is 6.30. The maximum atomic E-state index is 10.3. The fourth-order valence-electron chi connectivity index (χ4n) is 2.76. The number of hydrogen-bond donors (Lipinski definition) is 1. The third-order valence-corrected chi connectivity index (χ3v) is 5.14. The summed E-state index contributed by atoms with van der Waals surface area (Å²) in [4.78, 5) is 2.76. The SMILES string of the molecule is CC(C)Cc1cc2c(s1)C(C)(C)N(O)C2(C)C. The summed E-state index contributed by atoms with van der Waals surface area (Å²) in [6.45, 7) is 12.9. The number of thiophene rings is 1. The molecule has 2 heterocycles. The van der Waals surface area contributed by atoms with Gasteiger partial charge in [-0.15, -0.1) is 11.3 Å². The van der Waals surface area contributed by atoms with E-state index in [2.05, 4.69) is 47.6 Å². The van der Waals surface area contributed by atoms with Gasteiger partial charge in [0.2, 0.25) is 0 Å². The second kappa shape index (κ2) is 3.81. The van der Waals surface area contributed by atoms with Crippen molar-refractivity contribution in [1.82, 2.24) is 5.06 Å². The van der Waals surface area contributed by atoms with Crippen LogP contribution in [0.5, 0.6) is 0 Å². The van der Waals surface area contributed by atoms with Crippen LogP contribution in [0.3, 0.4) is 0 Å². The van der Waals surface area contributed by atoms with Gasteiger partial charge in [-0.05, 0) is 51.7 Å². The molecule has 0 aromatic carbocycles. The Bertz CT molecular complexity index is 398. The van der Waals surface area contributed by atoms with Crippen LogP contribution in [0.25, 0.3) is 0 Å². The lowest BCUT2D eigenvalue weighted by atomic mass is 9.97. The van der Waals surface area contributed by atoms with Crippen LogP contribution in [-0.2, 0) is 17.5 Å². The van der Waals surface area contributed by atoms with Gasteiger partial charge >= 0.3 is 0 Å². The average molecular weight is 253 g/mol. The van der Waals surface area contributed by atoms with Crippen molar-refractivity contribution < 1.29 is 5.21 Å². The van der Waals surface area contributed by atoms with Gasteiger partial charge in [0.05, 0.1) is 11.1 Å². The molecule has 0 saturated heterocycles. The molecule has 3 heteroatoms. The summed E-state index contributed by atoms with van der Waals surface area (Å²) in [5.41, 5.74) is 0.758. The number of hydroxylamine groups is 2. The van der Waals surface area contributed by atoms with E-state index in [1.807, 2.05) is 11.3 Å². The minimum atomic E-state index is -0.273. The zero-order chi connectivity index (χ0) is 13.0. The smallest absolute Gasteiger partial charge is 0.0758 e. The van der Waals surface area contributed by atoms with Crippen LogP contribution in [0, 0.1) is 5.92 Å². The molecule has 1 aliphatic heterocycles. The van der Waals surface area contributed by atoms with Gasteiger partial charge in [0, 0.05) is 9.75 Å². The number of rotatable bonds is 2. The fraction of sp³-hybridized carbons (Fsp3) is 0.714. The third-order valence-electron chi connectivity index (χ3n) is 3.67. The van der Waals surface area contributed by atoms with E-state index in [9.17, 15) is 5.21 Å². The van der Waals surface area contributed by atoms with Crippen molar-refractivity contribution in [1.29, 1.82) is 0 Å². The average Bonchev–Trinajstić information content (AvgIpc) is 2.64. The number of hydrogen-bond acceptors (Lipinski definition) is 3. The zero-order valence-electron chi connectivity index (χ0n) is 11.7. The summed E-state index contributed by atoms with van der Waals surface area (Å²) >= 11 is 1.86. The van der Waals surface area contributed by atoms with Crippen molar-refractivity contribution >= 4 is 11.3 Å². The highest BCUT2D eigenvalue weighted by Gasteiger charge is 2.50. The zero-order valence-corrected chi connectivity index (χ0v) is 12.5. The second-order valence-corrected chi connectivity index (χ2v) is 7.62. The van der Waals surface area contributed by atoms with Gasteiger partial charge in [-0.3, -0.25) is 0 Å². The van der Waals surface area contributed by atoms with Crippen molar-refractivity contribution in [3.8, 4) is 0 Å². The van der Waals surface area contributed by atoms with E-state index in [0.29, 0.717) is 5.92 Å². The van der Waals surface area contributed by atoms with Gasteiger partial charge < -0.3 is 5.21 Å². The fourth-order valence-corrected chi connectivity index (χ4v) is 4.37. The quantitative estimate of drug-likeness (QED) is 0.857. The molecule has 0 spiro atoms. The Balaban J connectivity index is 2.46. The first kappa shape index (κ1) is 13.1. The summed E-state index contributed by atoms with van der Waals surface area (Å²) in [6.07, 6.45) is 1.13. The molecular formula is C14H23NOS. The summed E-state index contributed by atoms with van der Waals surface area (Å²) in [7, 11) is 0. The molecule has 0 unspecified atom stereocenters. The molecule has 1 aliphatic rings. The summed E-state index contributed by atoms with van der Waals surface area (Å²) in [6, 6.07) is 2.29. The predicted octanol–water partition coefficient (Wildman–Crippen LogP) is 4.12. The van der Waals surface area contributed by atoms with E-state index in [4.69, 9.17) is 0 Å². The Hall–Kier alpha value is -0.380. The van der Waals surface area contributed by atoms with Gasteiger partial charge in [0.15, 0.2) is 0 Å². The Morgan fingerprint density at radius 3 is 2.29 bits per heavy atom. The molecule has 96 valence electrons. The molecule has 1 aromatic heterocycles. The maximum absolute atomic E-state index is 10.3. The molecule has 17 heavy (non-hydrogen) atoms. The monoisotopic (exact) mass is 253 g/mol. The molecule has 0 radical (unpaired) electrons. The van der Waals surface area contributed by atoms with Gasteiger partial charge in [0.25, 0.3) is 0 Å². The molecule has 0 bridgehead atoms. The molecule has 2 rings (SSSR count). The van der Waals surface area contributed by atoms with Crippen molar-refractivity contribution in [3.63, 3.8) is 0 Å². The minimum absolute atomic E-state index is 0.265. The highest BCUT2D eigenvalue weighted by molar-refractivity contribution is 7.12. The molecule has 0 atom stereocenters. The van der Waals surface area contributed by atoms with Crippen molar-refractivity contribution in [2.75, 3.05) is 0 Å². The molecule has 2 nitrogen and oxygen atoms in total. The number of nitrogens with zero attached hydrogens (tertiary/aromatic N) is 1. The summed E-state index contributed by atoms with van der Waals surface area (Å²) in [5.74, 6) is 0.685. The minimum Gasteiger partial charge on any atom is -0.312 e. The van der Waals surface area contributed by atoms with Crippen LogP contribution in [-0.4, -0.2) is 10.3 Å². The second-order valence-electron chi connectivity index (χ2n) is 6.48. The van der Waals surface area contributed by atoms with E-state index in [0.717, 1.165) is 6.42 Å². The lowest BCUT2D eigenvalue weighted by Crippen LogP contribution is -2.42. The molecule has 0 saturated carbocycles. The Morgan fingerprint density at radius 2 is 1.82 bits per heavy atom. The normalized spacial score (nSPS) is 22.1. The van der Waals surface area contributed by atoms with E-state index in [-0.39, 0.29) is 11.1 Å². The molecular weight excluding hydrogens is 230 g/mol. The van der Waals surface area contributed by atoms with Crippen LogP contribution < -0.4 is 0 Å². The van der Waals surface area contributed by atoms with E-state index < -0.39 is 0 Å². The van der Waals surface area contributed by atoms with Gasteiger partial charge in [-0.1, -0.05) is 13.8 Å². The first-order valence-corrected chi connectivity index (χ1v) is 7.12. The lowest BCUT2D eigenvalue weighted by Gasteiger charge is -2.35. The lowest BCUT2D eigenvalue weighted by molar-refractivity contribution is -0.215. The van der Waals surface area contributed by atoms with Crippen LogP contribution in [0.15, 0.2) is 6.07 Å². The largest absolute Gasteiger partial charge is 0.312 e. The standard InChI is InChI=1S/C14H23NOS/c1-9(2)7-10-8-11-12(17-10)14(5,6)15(16)13(11,3)4/h8-9,16H,7H2,1-6H3. The van der Waals surface area contributed by atoms with E-state index >= 15 is 0 Å². The third kappa shape index (κ3) is 1.85. The van der Waals surface area contributed by atoms with Crippen molar-refractivity contribution in [2.24, 2.45) is 5.92 Å². The van der Waals surface area contributed by atoms with E-state index in [1.165, 1.54) is 20.4 Å². The summed E-state index contributed by atoms with van der Waals surface area (Å²) < 4.78 is 0. The summed E-state index contributed by atoms with van der Waals surface area (Å²) in [5, 5.41) is 11.8. The predicted molar refractivity (Wildman–Crippen MR) is 72.5 cm³/mol. The van der Waals surface area contributed by atoms with Crippen molar-refractivity contribution in [3.05, 3.63) is 21.4 Å². The molecule has 0 aliphatic carbocycles. The maximum Gasteiger partial charge on any atom is 0.0758 e. The van der Waals surface area contributed by atoms with Crippen molar-refractivity contribution in [2.45, 2.75) is 59.0 Å². The molecule has 0 fully saturated rings. The van der Waals surface area contributed by atoms with Crippen LogP contribution >= 0.6 is 11.3 Å². The van der Waals surface area contributed by atoms with Gasteiger partial charge in [0.1, 0.15) is 0 Å². The van der Waals surface area contributed by atoms with Gasteiger partial charge in [-0.25, -0.2) is 0 Å². The number of fused-ring (bicyclic) bond motifs is 1. The highest BCUT2D eigenvalue weighted by Crippen LogP contribution is 2.51. The Morgan fingerprint density at radius 1 is 1.24 bits per heavy atom. The first-order chi connectivity index (χ1) is 7.67. The topological polar surface area (TPSA) is 23.5 Å².